The summed E-state index contributed by atoms with van der Waals surface area (Å²) >= 11 is 0. The second-order valence-corrected chi connectivity index (χ2v) is 5.20. The fraction of sp³-hybridized carbons (Fsp3) is 0.600. The van der Waals surface area contributed by atoms with Crippen LogP contribution in [0.5, 0.6) is 0 Å². The van der Waals surface area contributed by atoms with Crippen molar-refractivity contribution < 1.29 is 9.13 Å². The van der Waals surface area contributed by atoms with Gasteiger partial charge in [-0.3, -0.25) is 0 Å². The summed E-state index contributed by atoms with van der Waals surface area (Å²) in [6, 6.07) is 7.77. The SMILES string of the molecule is COCC(F)(CCCN)C1NCCc2ccccc21. The number of benzene rings is 1. The Morgan fingerprint density at radius 1 is 1.47 bits per heavy atom. The van der Waals surface area contributed by atoms with Crippen LogP contribution >= 0.6 is 0 Å². The van der Waals surface area contributed by atoms with Crippen LogP contribution in [0.3, 0.4) is 0 Å². The predicted octanol–water partition coefficient (Wildman–Crippen LogP) is 1.97. The number of ether oxygens (including phenoxy) is 1. The van der Waals surface area contributed by atoms with Crippen molar-refractivity contribution in [1.29, 1.82) is 0 Å². The minimum atomic E-state index is -1.40. The predicted molar refractivity (Wildman–Crippen MR) is 74.9 cm³/mol. The molecule has 1 heterocycles. The summed E-state index contributed by atoms with van der Waals surface area (Å²) in [5.41, 5.74) is 6.42. The maximum Gasteiger partial charge on any atom is 0.153 e. The van der Waals surface area contributed by atoms with Gasteiger partial charge in [0.25, 0.3) is 0 Å². The zero-order valence-corrected chi connectivity index (χ0v) is 11.5. The third-order valence-corrected chi connectivity index (χ3v) is 3.81. The highest BCUT2D eigenvalue weighted by atomic mass is 19.1. The lowest BCUT2D eigenvalue weighted by Gasteiger charge is -2.38. The van der Waals surface area contributed by atoms with E-state index >= 15 is 4.39 Å². The van der Waals surface area contributed by atoms with E-state index in [2.05, 4.69) is 11.4 Å². The molecule has 0 aliphatic carbocycles. The highest BCUT2D eigenvalue weighted by Crippen LogP contribution is 2.37. The largest absolute Gasteiger partial charge is 0.381 e. The van der Waals surface area contributed by atoms with Crippen LogP contribution in [0, 0.1) is 0 Å². The molecule has 0 spiro atoms. The van der Waals surface area contributed by atoms with Gasteiger partial charge in [-0.15, -0.1) is 0 Å². The summed E-state index contributed by atoms with van der Waals surface area (Å²) in [4.78, 5) is 0. The number of alkyl halides is 1. The first-order valence-corrected chi connectivity index (χ1v) is 6.90. The number of hydrogen-bond donors (Lipinski definition) is 2. The van der Waals surface area contributed by atoms with Crippen molar-refractivity contribution in [2.24, 2.45) is 5.73 Å². The molecular weight excluding hydrogens is 243 g/mol. The molecule has 0 radical (unpaired) electrons. The van der Waals surface area contributed by atoms with E-state index in [4.69, 9.17) is 10.5 Å². The second kappa shape index (κ2) is 6.46. The van der Waals surface area contributed by atoms with Crippen molar-refractivity contribution in [1.82, 2.24) is 5.32 Å². The van der Waals surface area contributed by atoms with E-state index in [-0.39, 0.29) is 12.6 Å². The number of nitrogens with one attached hydrogen (secondary N) is 1. The van der Waals surface area contributed by atoms with Crippen LogP contribution < -0.4 is 11.1 Å². The van der Waals surface area contributed by atoms with Crippen LogP contribution in [-0.2, 0) is 11.2 Å². The van der Waals surface area contributed by atoms with Gasteiger partial charge in [0.05, 0.1) is 12.6 Å². The molecule has 3 nitrogen and oxygen atoms in total. The molecular formula is C15H23FN2O. The second-order valence-electron chi connectivity index (χ2n) is 5.20. The van der Waals surface area contributed by atoms with Crippen molar-refractivity contribution in [3.05, 3.63) is 35.4 Å². The molecule has 0 aromatic heterocycles. The Bertz CT molecular complexity index is 413. The van der Waals surface area contributed by atoms with E-state index in [1.807, 2.05) is 18.2 Å². The topological polar surface area (TPSA) is 47.3 Å². The van der Waals surface area contributed by atoms with E-state index in [9.17, 15) is 0 Å². The molecule has 4 heteroatoms. The number of hydrogen-bond acceptors (Lipinski definition) is 3. The molecule has 1 aliphatic heterocycles. The van der Waals surface area contributed by atoms with Crippen molar-refractivity contribution in [3.8, 4) is 0 Å². The van der Waals surface area contributed by atoms with Gasteiger partial charge in [-0.25, -0.2) is 4.39 Å². The average Bonchev–Trinajstić information content (AvgIpc) is 2.45. The Hall–Kier alpha value is -0.970. The van der Waals surface area contributed by atoms with Crippen molar-refractivity contribution in [2.75, 3.05) is 26.8 Å². The highest BCUT2D eigenvalue weighted by Gasteiger charge is 2.41. The Balaban J connectivity index is 2.27. The Morgan fingerprint density at radius 2 is 2.26 bits per heavy atom. The van der Waals surface area contributed by atoms with Crippen LogP contribution in [0.4, 0.5) is 4.39 Å². The lowest BCUT2D eigenvalue weighted by Crippen LogP contribution is -2.47. The minimum absolute atomic E-state index is 0.0962. The molecule has 0 saturated heterocycles. The molecule has 2 unspecified atom stereocenters. The Labute approximate surface area is 114 Å². The first-order chi connectivity index (χ1) is 9.21. The van der Waals surface area contributed by atoms with Crippen LogP contribution in [0.2, 0.25) is 0 Å². The summed E-state index contributed by atoms with van der Waals surface area (Å²) in [6.45, 7) is 1.41. The quantitative estimate of drug-likeness (QED) is 0.827. The molecule has 0 saturated carbocycles. The van der Waals surface area contributed by atoms with E-state index in [1.165, 1.54) is 5.56 Å². The van der Waals surface area contributed by atoms with Gasteiger partial charge in [-0.05, 0) is 43.5 Å². The first kappa shape index (κ1) is 14.4. The molecule has 0 amide bonds. The summed E-state index contributed by atoms with van der Waals surface area (Å²) in [7, 11) is 1.55. The highest BCUT2D eigenvalue weighted by molar-refractivity contribution is 5.34. The molecule has 0 fully saturated rings. The van der Waals surface area contributed by atoms with Gasteiger partial charge in [-0.2, -0.15) is 0 Å². The molecule has 1 aromatic carbocycles. The summed E-state index contributed by atoms with van der Waals surface area (Å²) in [5.74, 6) is 0. The van der Waals surface area contributed by atoms with Crippen LogP contribution in [0.1, 0.15) is 30.0 Å². The summed E-state index contributed by atoms with van der Waals surface area (Å²) < 4.78 is 20.4. The molecule has 1 aliphatic rings. The molecule has 2 rings (SSSR count). The normalized spacial score (nSPS) is 21.7. The van der Waals surface area contributed by atoms with Crippen LogP contribution in [-0.4, -0.2) is 32.5 Å². The fourth-order valence-corrected chi connectivity index (χ4v) is 2.90. The zero-order valence-electron chi connectivity index (χ0n) is 11.5. The lowest BCUT2D eigenvalue weighted by atomic mass is 9.82. The molecule has 106 valence electrons. The van der Waals surface area contributed by atoms with Gasteiger partial charge in [-0.1, -0.05) is 24.3 Å². The molecule has 1 aromatic rings. The van der Waals surface area contributed by atoms with Crippen molar-refractivity contribution in [3.63, 3.8) is 0 Å². The molecule has 0 bridgehead atoms. The van der Waals surface area contributed by atoms with Crippen molar-refractivity contribution >= 4 is 0 Å². The average molecular weight is 266 g/mol. The van der Waals surface area contributed by atoms with E-state index in [0.29, 0.717) is 19.4 Å². The lowest BCUT2D eigenvalue weighted by molar-refractivity contribution is 0.00105. The van der Waals surface area contributed by atoms with Crippen LogP contribution in [0.25, 0.3) is 0 Å². The number of rotatable bonds is 6. The van der Waals surface area contributed by atoms with E-state index < -0.39 is 5.67 Å². The maximum atomic E-state index is 15.3. The Kier molecular flexibility index (Phi) is 4.91. The smallest absolute Gasteiger partial charge is 0.153 e. The fourth-order valence-electron chi connectivity index (χ4n) is 2.90. The standard InChI is InChI=1S/C15H23FN2O/c1-19-11-15(16,8-4-9-17)14-13-6-3-2-5-12(13)7-10-18-14/h2-3,5-6,14,18H,4,7-11,17H2,1H3. The van der Waals surface area contributed by atoms with Crippen molar-refractivity contribution in [2.45, 2.75) is 31.0 Å². The van der Waals surface area contributed by atoms with E-state index in [0.717, 1.165) is 18.5 Å². The van der Waals surface area contributed by atoms with Gasteiger partial charge >= 0.3 is 0 Å². The minimum Gasteiger partial charge on any atom is -0.381 e. The monoisotopic (exact) mass is 266 g/mol. The third-order valence-electron chi connectivity index (χ3n) is 3.81. The summed E-state index contributed by atoms with van der Waals surface area (Å²) in [5, 5.41) is 3.31. The third kappa shape index (κ3) is 3.14. The van der Waals surface area contributed by atoms with Gasteiger partial charge in [0.15, 0.2) is 5.67 Å². The first-order valence-electron chi connectivity index (χ1n) is 6.90. The number of methoxy groups -OCH3 is 1. The van der Waals surface area contributed by atoms with Gasteiger partial charge in [0, 0.05) is 7.11 Å². The summed E-state index contributed by atoms with van der Waals surface area (Å²) in [6.07, 6.45) is 2.04. The van der Waals surface area contributed by atoms with E-state index in [1.54, 1.807) is 7.11 Å². The molecule has 2 atom stereocenters. The maximum absolute atomic E-state index is 15.3. The van der Waals surface area contributed by atoms with Crippen LogP contribution in [0.15, 0.2) is 24.3 Å². The zero-order chi connectivity index (χ0) is 13.7. The Morgan fingerprint density at radius 3 is 3.00 bits per heavy atom. The number of fused-ring (bicyclic) bond motifs is 1. The van der Waals surface area contributed by atoms with Gasteiger partial charge in [0.2, 0.25) is 0 Å². The number of halogens is 1. The molecule has 3 N–H and O–H groups in total. The van der Waals surface area contributed by atoms with Gasteiger partial charge < -0.3 is 15.8 Å². The molecule has 19 heavy (non-hydrogen) atoms. The van der Waals surface area contributed by atoms with Gasteiger partial charge in [0.1, 0.15) is 0 Å². The number of nitrogens with two attached hydrogens (primary N) is 1.